The topological polar surface area (TPSA) is 82.7 Å². The maximum atomic E-state index is 12.7. The van der Waals surface area contributed by atoms with E-state index >= 15 is 0 Å². The first-order valence-corrected chi connectivity index (χ1v) is 10.0. The minimum atomic E-state index is -0.243. The number of rotatable bonds is 6. The lowest BCUT2D eigenvalue weighted by atomic mass is 10.1. The van der Waals surface area contributed by atoms with E-state index in [1.54, 1.807) is 12.3 Å². The van der Waals surface area contributed by atoms with Gasteiger partial charge in [-0.15, -0.1) is 0 Å². The van der Waals surface area contributed by atoms with Crippen molar-refractivity contribution in [1.82, 2.24) is 15.0 Å². The third kappa shape index (κ3) is 4.17. The monoisotopic (exact) mass is 399 g/mol. The molecular formula is C24H25N5O. The van der Waals surface area contributed by atoms with Crippen molar-refractivity contribution in [2.45, 2.75) is 27.2 Å². The normalized spacial score (nSPS) is 10.9. The molecule has 152 valence electrons. The Hall–Kier alpha value is -3.67. The second-order valence-corrected chi connectivity index (χ2v) is 7.53. The summed E-state index contributed by atoms with van der Waals surface area (Å²) in [5, 5.41) is 7.43. The van der Waals surface area contributed by atoms with Crippen molar-refractivity contribution < 1.29 is 4.79 Å². The molecule has 0 spiro atoms. The fourth-order valence-corrected chi connectivity index (χ4v) is 3.77. The van der Waals surface area contributed by atoms with Crippen molar-refractivity contribution in [1.29, 1.82) is 0 Å². The summed E-state index contributed by atoms with van der Waals surface area (Å²) in [5.41, 5.74) is 6.77. The number of nitrogens with one attached hydrogen (secondary N) is 3. The smallest absolute Gasteiger partial charge is 0.274 e. The molecule has 0 unspecified atom stereocenters. The molecule has 0 fully saturated rings. The summed E-state index contributed by atoms with van der Waals surface area (Å²) in [6, 6.07) is 14.0. The number of para-hydroxylation sites is 1. The number of hydrogen-bond donors (Lipinski definition) is 3. The van der Waals surface area contributed by atoms with Crippen molar-refractivity contribution in [3.63, 3.8) is 0 Å². The Labute approximate surface area is 175 Å². The summed E-state index contributed by atoms with van der Waals surface area (Å²) >= 11 is 0. The molecule has 6 nitrogen and oxygen atoms in total. The average molecular weight is 399 g/mol. The van der Waals surface area contributed by atoms with Crippen molar-refractivity contribution in [3.05, 3.63) is 82.8 Å². The van der Waals surface area contributed by atoms with Gasteiger partial charge in [-0.1, -0.05) is 35.9 Å². The van der Waals surface area contributed by atoms with E-state index in [9.17, 15) is 4.79 Å². The van der Waals surface area contributed by atoms with Crippen molar-refractivity contribution in [2.75, 3.05) is 17.2 Å². The predicted octanol–water partition coefficient (Wildman–Crippen LogP) is 4.79. The molecule has 0 aliphatic rings. The van der Waals surface area contributed by atoms with Crippen LogP contribution >= 0.6 is 0 Å². The van der Waals surface area contributed by atoms with Gasteiger partial charge < -0.3 is 15.6 Å². The molecule has 0 aliphatic heterocycles. The number of fused-ring (bicyclic) bond motifs is 1. The van der Waals surface area contributed by atoms with Gasteiger partial charge in [-0.05, 0) is 56.0 Å². The molecule has 0 saturated carbocycles. The summed E-state index contributed by atoms with van der Waals surface area (Å²) in [5.74, 6) is 0.201. The molecule has 2 heterocycles. The van der Waals surface area contributed by atoms with Crippen LogP contribution in [0.3, 0.4) is 0 Å². The van der Waals surface area contributed by atoms with Crippen LogP contribution in [0, 0.1) is 20.8 Å². The summed E-state index contributed by atoms with van der Waals surface area (Å²) in [7, 11) is 0. The molecule has 0 atom stereocenters. The maximum absolute atomic E-state index is 12.7. The molecular weight excluding hydrogens is 374 g/mol. The number of hydrogen-bond acceptors (Lipinski definition) is 4. The fourth-order valence-electron chi connectivity index (χ4n) is 3.77. The van der Waals surface area contributed by atoms with Gasteiger partial charge in [0, 0.05) is 35.5 Å². The van der Waals surface area contributed by atoms with E-state index < -0.39 is 0 Å². The number of nitrogens with zero attached hydrogens (tertiary/aromatic N) is 2. The lowest BCUT2D eigenvalue weighted by Crippen LogP contribution is -2.17. The van der Waals surface area contributed by atoms with Crippen LogP contribution < -0.4 is 10.6 Å². The van der Waals surface area contributed by atoms with Gasteiger partial charge in [-0.3, -0.25) is 4.79 Å². The van der Waals surface area contributed by atoms with E-state index in [1.165, 1.54) is 16.5 Å². The lowest BCUT2D eigenvalue weighted by molar-refractivity contribution is 0.102. The van der Waals surface area contributed by atoms with Crippen LogP contribution in [0.25, 0.3) is 10.9 Å². The zero-order chi connectivity index (χ0) is 21.1. The quantitative estimate of drug-likeness (QED) is 0.435. The largest absolute Gasteiger partial charge is 0.361 e. The molecule has 2 aromatic heterocycles. The zero-order valence-corrected chi connectivity index (χ0v) is 17.4. The molecule has 0 saturated heterocycles. The molecule has 6 heteroatoms. The maximum Gasteiger partial charge on any atom is 0.274 e. The Morgan fingerprint density at radius 1 is 1.07 bits per heavy atom. The molecule has 1 amide bonds. The highest BCUT2D eigenvalue weighted by atomic mass is 16.1. The number of carbonyl (C=O) groups is 1. The highest BCUT2D eigenvalue weighted by molar-refractivity contribution is 6.03. The third-order valence-corrected chi connectivity index (χ3v) is 5.16. The average Bonchev–Trinajstić information content (AvgIpc) is 3.14. The van der Waals surface area contributed by atoms with Gasteiger partial charge in [-0.25, -0.2) is 9.97 Å². The van der Waals surface area contributed by atoms with Crippen LogP contribution in [0.2, 0.25) is 0 Å². The number of benzene rings is 2. The molecule has 0 radical (unpaired) electrons. The Bertz CT molecular complexity index is 1190. The van der Waals surface area contributed by atoms with Gasteiger partial charge in [0.05, 0.1) is 0 Å². The van der Waals surface area contributed by atoms with E-state index in [1.807, 2.05) is 39.1 Å². The first kappa shape index (κ1) is 19.6. The molecule has 2 aromatic carbocycles. The van der Waals surface area contributed by atoms with Crippen LogP contribution in [0.4, 0.5) is 11.6 Å². The Morgan fingerprint density at radius 3 is 2.63 bits per heavy atom. The number of carbonyl (C=O) groups excluding carboxylic acids is 1. The Kier molecular flexibility index (Phi) is 5.48. The van der Waals surface area contributed by atoms with E-state index in [-0.39, 0.29) is 5.91 Å². The molecule has 4 rings (SSSR count). The van der Waals surface area contributed by atoms with E-state index in [0.717, 1.165) is 28.8 Å². The number of amides is 1. The summed E-state index contributed by atoms with van der Waals surface area (Å²) in [4.78, 5) is 24.6. The number of aryl methyl sites for hydroxylation is 3. The molecule has 3 N–H and O–H groups in total. The predicted molar refractivity (Wildman–Crippen MR) is 121 cm³/mol. The highest BCUT2D eigenvalue weighted by Crippen LogP contribution is 2.22. The van der Waals surface area contributed by atoms with Crippen LogP contribution in [0.1, 0.15) is 32.7 Å². The number of aromatic nitrogens is 3. The van der Waals surface area contributed by atoms with Crippen molar-refractivity contribution in [3.8, 4) is 0 Å². The van der Waals surface area contributed by atoms with Gasteiger partial charge in [0.1, 0.15) is 5.69 Å². The van der Waals surface area contributed by atoms with Crippen LogP contribution in [0.5, 0.6) is 0 Å². The van der Waals surface area contributed by atoms with Gasteiger partial charge in [0.15, 0.2) is 0 Å². The van der Waals surface area contributed by atoms with Crippen molar-refractivity contribution in [2.24, 2.45) is 0 Å². The molecule has 30 heavy (non-hydrogen) atoms. The van der Waals surface area contributed by atoms with Crippen LogP contribution in [-0.4, -0.2) is 27.4 Å². The SMILES string of the molecule is Cc1cc(C)c(NC(=O)c2ccnc(NCCc3c[nH]c4ccccc34)n2)c(C)c1. The number of aromatic amines is 1. The van der Waals surface area contributed by atoms with Crippen LogP contribution in [0.15, 0.2) is 54.9 Å². The summed E-state index contributed by atoms with van der Waals surface area (Å²) in [6.45, 7) is 6.70. The van der Waals surface area contributed by atoms with E-state index in [2.05, 4.69) is 49.9 Å². The second kappa shape index (κ2) is 8.37. The van der Waals surface area contributed by atoms with E-state index in [0.29, 0.717) is 18.2 Å². The number of anilines is 2. The second-order valence-electron chi connectivity index (χ2n) is 7.53. The van der Waals surface area contributed by atoms with Gasteiger partial charge >= 0.3 is 0 Å². The standard InChI is InChI=1S/C24H25N5O/c1-15-12-16(2)22(17(3)13-15)29-23(30)21-9-11-26-24(28-21)25-10-8-18-14-27-20-7-5-4-6-19(18)20/h4-7,9,11-14,27H,8,10H2,1-3H3,(H,29,30)(H,25,26,28). The first-order valence-electron chi connectivity index (χ1n) is 10.0. The highest BCUT2D eigenvalue weighted by Gasteiger charge is 2.13. The Balaban J connectivity index is 1.42. The lowest BCUT2D eigenvalue weighted by Gasteiger charge is -2.13. The first-order chi connectivity index (χ1) is 14.5. The molecule has 4 aromatic rings. The van der Waals surface area contributed by atoms with E-state index in [4.69, 9.17) is 0 Å². The third-order valence-electron chi connectivity index (χ3n) is 5.16. The Morgan fingerprint density at radius 2 is 1.83 bits per heavy atom. The summed E-state index contributed by atoms with van der Waals surface area (Å²) in [6.07, 6.45) is 4.46. The van der Waals surface area contributed by atoms with Crippen molar-refractivity contribution >= 4 is 28.4 Å². The molecule has 0 bridgehead atoms. The van der Waals surface area contributed by atoms with Crippen LogP contribution in [-0.2, 0) is 6.42 Å². The number of H-pyrrole nitrogens is 1. The minimum Gasteiger partial charge on any atom is -0.361 e. The van der Waals surface area contributed by atoms with Gasteiger partial charge in [0.25, 0.3) is 5.91 Å². The van der Waals surface area contributed by atoms with Gasteiger partial charge in [0.2, 0.25) is 5.95 Å². The summed E-state index contributed by atoms with van der Waals surface area (Å²) < 4.78 is 0. The van der Waals surface area contributed by atoms with Gasteiger partial charge in [-0.2, -0.15) is 0 Å². The zero-order valence-electron chi connectivity index (χ0n) is 17.4. The fraction of sp³-hybridized carbons (Fsp3) is 0.208. The minimum absolute atomic E-state index is 0.243. The molecule has 0 aliphatic carbocycles.